The molecule has 0 bridgehead atoms. The average molecular weight is 208 g/mol. The number of aromatic nitrogens is 2. The molecule has 82 valence electrons. The first-order valence-electron chi connectivity index (χ1n) is 5.71. The molecule has 0 saturated carbocycles. The first kappa shape index (κ1) is 9.30. The second kappa shape index (κ2) is 3.90. The summed E-state index contributed by atoms with van der Waals surface area (Å²) in [5, 5.41) is 10.8. The van der Waals surface area contributed by atoms with Crippen LogP contribution in [-0.4, -0.2) is 29.8 Å². The molecule has 3 rings (SSSR count). The number of rotatable bonds is 2. The maximum Gasteiger partial charge on any atom is 0.243 e. The smallest absolute Gasteiger partial charge is 0.243 e. The van der Waals surface area contributed by atoms with Crippen molar-refractivity contribution in [2.24, 2.45) is 0 Å². The summed E-state index contributed by atoms with van der Waals surface area (Å²) in [6.45, 7) is 3.11. The van der Waals surface area contributed by atoms with Crippen molar-refractivity contribution < 1.29 is 4.52 Å². The highest BCUT2D eigenvalue weighted by molar-refractivity contribution is 5.02. The van der Waals surface area contributed by atoms with Crippen LogP contribution in [0.5, 0.6) is 0 Å². The highest BCUT2D eigenvalue weighted by Gasteiger charge is 2.26. The van der Waals surface area contributed by atoms with Crippen molar-refractivity contribution in [1.82, 2.24) is 20.8 Å². The topological polar surface area (TPSA) is 63.0 Å². The van der Waals surface area contributed by atoms with Crippen LogP contribution in [0.3, 0.4) is 0 Å². The summed E-state index contributed by atoms with van der Waals surface area (Å²) in [7, 11) is 0. The van der Waals surface area contributed by atoms with Gasteiger partial charge in [0.15, 0.2) is 5.82 Å². The van der Waals surface area contributed by atoms with Crippen molar-refractivity contribution in [2.75, 3.05) is 19.6 Å². The predicted octanol–water partition coefficient (Wildman–Crippen LogP) is 0.571. The summed E-state index contributed by atoms with van der Waals surface area (Å²) in [6, 6.07) is 0.292. The maximum atomic E-state index is 5.31. The van der Waals surface area contributed by atoms with Crippen LogP contribution in [0.2, 0.25) is 0 Å². The molecule has 15 heavy (non-hydrogen) atoms. The van der Waals surface area contributed by atoms with Gasteiger partial charge in [-0.05, 0) is 32.4 Å². The van der Waals surface area contributed by atoms with E-state index in [4.69, 9.17) is 4.52 Å². The van der Waals surface area contributed by atoms with Crippen molar-refractivity contribution in [2.45, 2.75) is 31.2 Å². The maximum absolute atomic E-state index is 5.31. The van der Waals surface area contributed by atoms with Gasteiger partial charge in [-0.1, -0.05) is 5.16 Å². The van der Waals surface area contributed by atoms with Gasteiger partial charge < -0.3 is 15.2 Å². The molecular formula is C10H16N4O. The summed E-state index contributed by atoms with van der Waals surface area (Å²) < 4.78 is 5.31. The molecule has 0 amide bonds. The van der Waals surface area contributed by atoms with E-state index in [1.165, 1.54) is 6.42 Å². The Bertz CT molecular complexity index is 295. The fourth-order valence-electron chi connectivity index (χ4n) is 2.32. The molecule has 2 atom stereocenters. The Labute approximate surface area is 88.6 Å². The lowest BCUT2D eigenvalue weighted by Crippen LogP contribution is -2.13. The monoisotopic (exact) mass is 208 g/mol. The minimum atomic E-state index is 0.292. The van der Waals surface area contributed by atoms with Gasteiger partial charge in [-0.15, -0.1) is 0 Å². The van der Waals surface area contributed by atoms with Gasteiger partial charge in [0.2, 0.25) is 5.89 Å². The quantitative estimate of drug-likeness (QED) is 0.744. The second-order valence-electron chi connectivity index (χ2n) is 4.33. The van der Waals surface area contributed by atoms with Crippen LogP contribution in [0.1, 0.15) is 42.9 Å². The molecule has 0 aromatic carbocycles. The summed E-state index contributed by atoms with van der Waals surface area (Å²) in [5.74, 6) is 2.10. The van der Waals surface area contributed by atoms with Crippen LogP contribution in [0.25, 0.3) is 0 Å². The van der Waals surface area contributed by atoms with E-state index < -0.39 is 0 Å². The molecule has 1 aromatic heterocycles. The third-order valence-corrected chi connectivity index (χ3v) is 3.24. The van der Waals surface area contributed by atoms with Gasteiger partial charge in [-0.3, -0.25) is 0 Å². The van der Waals surface area contributed by atoms with Gasteiger partial charge in [0, 0.05) is 12.5 Å². The van der Waals surface area contributed by atoms with Crippen LogP contribution in [-0.2, 0) is 0 Å². The fourth-order valence-corrected chi connectivity index (χ4v) is 2.32. The molecule has 3 heterocycles. The predicted molar refractivity (Wildman–Crippen MR) is 54.5 cm³/mol. The number of nitrogens with one attached hydrogen (secondary N) is 2. The van der Waals surface area contributed by atoms with Gasteiger partial charge in [-0.2, -0.15) is 4.98 Å². The normalized spacial score (nSPS) is 31.2. The molecule has 2 aliphatic rings. The lowest BCUT2D eigenvalue weighted by Gasteiger charge is -2.02. The molecule has 0 spiro atoms. The number of hydrogen-bond donors (Lipinski definition) is 2. The largest absolute Gasteiger partial charge is 0.338 e. The van der Waals surface area contributed by atoms with Crippen molar-refractivity contribution in [1.29, 1.82) is 0 Å². The number of hydrogen-bond acceptors (Lipinski definition) is 5. The standard InChI is InChI=1S/C10H16N4O/c1-2-8(12-4-1)10-13-9(14-15-10)7-3-5-11-6-7/h7-8,11-12H,1-6H2. The summed E-state index contributed by atoms with van der Waals surface area (Å²) in [5.41, 5.74) is 0. The van der Waals surface area contributed by atoms with E-state index in [1.807, 2.05) is 0 Å². The van der Waals surface area contributed by atoms with Gasteiger partial charge in [0.25, 0.3) is 0 Å². The van der Waals surface area contributed by atoms with E-state index in [0.717, 1.165) is 44.2 Å². The molecule has 2 fully saturated rings. The minimum Gasteiger partial charge on any atom is -0.338 e. The summed E-state index contributed by atoms with van der Waals surface area (Å²) in [6.07, 6.45) is 3.44. The van der Waals surface area contributed by atoms with E-state index in [-0.39, 0.29) is 0 Å². The van der Waals surface area contributed by atoms with Gasteiger partial charge >= 0.3 is 0 Å². The van der Waals surface area contributed by atoms with Gasteiger partial charge in [0.05, 0.1) is 6.04 Å². The average Bonchev–Trinajstić information content (AvgIpc) is 3.02. The van der Waals surface area contributed by atoms with E-state index in [0.29, 0.717) is 12.0 Å². The van der Waals surface area contributed by atoms with E-state index in [9.17, 15) is 0 Å². The molecular weight excluding hydrogens is 192 g/mol. The zero-order valence-electron chi connectivity index (χ0n) is 8.70. The Balaban J connectivity index is 1.74. The Hall–Kier alpha value is -0.940. The molecule has 0 radical (unpaired) electrons. The highest BCUT2D eigenvalue weighted by Crippen LogP contribution is 2.24. The van der Waals surface area contributed by atoms with Crippen molar-refractivity contribution >= 4 is 0 Å². The lowest BCUT2D eigenvalue weighted by molar-refractivity contribution is 0.339. The molecule has 2 saturated heterocycles. The third kappa shape index (κ3) is 1.77. The molecule has 1 aromatic rings. The van der Waals surface area contributed by atoms with Crippen LogP contribution < -0.4 is 10.6 Å². The van der Waals surface area contributed by atoms with Crippen molar-refractivity contribution in [3.8, 4) is 0 Å². The SMILES string of the molecule is C1CNC(c2nc(C3CCNC3)no2)C1. The Morgan fingerprint density at radius 3 is 3.00 bits per heavy atom. The molecule has 0 aliphatic carbocycles. The molecule has 5 heteroatoms. The van der Waals surface area contributed by atoms with Crippen LogP contribution in [0.4, 0.5) is 0 Å². The lowest BCUT2D eigenvalue weighted by atomic mass is 10.1. The van der Waals surface area contributed by atoms with Crippen LogP contribution in [0, 0.1) is 0 Å². The van der Waals surface area contributed by atoms with Crippen molar-refractivity contribution in [3.63, 3.8) is 0 Å². The molecule has 2 N–H and O–H groups in total. The minimum absolute atomic E-state index is 0.292. The van der Waals surface area contributed by atoms with Crippen molar-refractivity contribution in [3.05, 3.63) is 11.7 Å². The van der Waals surface area contributed by atoms with Gasteiger partial charge in [0.1, 0.15) is 0 Å². The zero-order chi connectivity index (χ0) is 10.1. The third-order valence-electron chi connectivity index (χ3n) is 3.24. The second-order valence-corrected chi connectivity index (χ2v) is 4.33. The first-order valence-corrected chi connectivity index (χ1v) is 5.71. The summed E-state index contributed by atoms with van der Waals surface area (Å²) in [4.78, 5) is 4.49. The van der Waals surface area contributed by atoms with Crippen LogP contribution >= 0.6 is 0 Å². The summed E-state index contributed by atoms with van der Waals surface area (Å²) >= 11 is 0. The highest BCUT2D eigenvalue weighted by atomic mass is 16.5. The van der Waals surface area contributed by atoms with Gasteiger partial charge in [-0.25, -0.2) is 0 Å². The molecule has 2 aliphatic heterocycles. The van der Waals surface area contributed by atoms with E-state index >= 15 is 0 Å². The Morgan fingerprint density at radius 1 is 1.27 bits per heavy atom. The van der Waals surface area contributed by atoms with E-state index in [1.54, 1.807) is 0 Å². The Kier molecular flexibility index (Phi) is 2.42. The molecule has 5 nitrogen and oxygen atoms in total. The molecule has 2 unspecified atom stereocenters. The zero-order valence-corrected chi connectivity index (χ0v) is 8.70. The fraction of sp³-hybridized carbons (Fsp3) is 0.800. The van der Waals surface area contributed by atoms with Crippen LogP contribution in [0.15, 0.2) is 4.52 Å². The Morgan fingerprint density at radius 2 is 2.27 bits per heavy atom. The first-order chi connectivity index (χ1) is 7.43. The van der Waals surface area contributed by atoms with E-state index in [2.05, 4.69) is 20.8 Å². The number of nitrogens with zero attached hydrogens (tertiary/aromatic N) is 2.